The smallest absolute Gasteiger partial charge is 0.213 e. The molecule has 86 valence electrons. The molecule has 7 heteroatoms. The lowest BCUT2D eigenvalue weighted by Crippen LogP contribution is -2.03. The van der Waals surface area contributed by atoms with Crippen LogP contribution in [0, 0.1) is 6.92 Å². The van der Waals surface area contributed by atoms with Crippen LogP contribution in [0.1, 0.15) is 11.7 Å². The Labute approximate surface area is 96.5 Å². The summed E-state index contributed by atoms with van der Waals surface area (Å²) in [5.41, 5.74) is 0.677. The Bertz CT molecular complexity index is 643. The second kappa shape index (κ2) is 3.85. The molecule has 0 unspecified atom stereocenters. The number of nitrogens with one attached hydrogen (secondary N) is 1. The number of aryl methyl sites for hydroxylation is 1. The molecule has 0 bridgehead atoms. The number of oxazole rings is 1. The van der Waals surface area contributed by atoms with Gasteiger partial charge in [-0.05, 0) is 6.92 Å². The third-order valence-electron chi connectivity index (χ3n) is 2.29. The third-order valence-corrected chi connectivity index (χ3v) is 2.29. The zero-order chi connectivity index (χ0) is 11.7. The normalized spacial score (nSPS) is 10.9. The highest BCUT2D eigenvalue weighted by atomic mass is 16.4. The fourth-order valence-electron chi connectivity index (χ4n) is 1.53. The number of rotatable bonds is 3. The van der Waals surface area contributed by atoms with Gasteiger partial charge in [0.05, 0.1) is 12.7 Å². The molecule has 17 heavy (non-hydrogen) atoms. The summed E-state index contributed by atoms with van der Waals surface area (Å²) < 4.78 is 7.14. The van der Waals surface area contributed by atoms with E-state index in [9.17, 15) is 0 Å². The molecule has 3 aromatic heterocycles. The number of hydrogen-bond acceptors (Lipinski definition) is 6. The standard InChI is InChI=1S/C10H10N6O/c1-7-4-12-8(17-7)5-13-9-10-15-14-6-16(10)3-2-11-9/h2-4,6H,5H2,1H3,(H,11,13). The summed E-state index contributed by atoms with van der Waals surface area (Å²) in [7, 11) is 0. The Hall–Kier alpha value is -2.44. The first-order valence-corrected chi connectivity index (χ1v) is 5.12. The molecule has 0 aliphatic heterocycles. The molecule has 0 aliphatic rings. The van der Waals surface area contributed by atoms with Gasteiger partial charge < -0.3 is 9.73 Å². The molecular weight excluding hydrogens is 220 g/mol. The van der Waals surface area contributed by atoms with E-state index in [4.69, 9.17) is 4.42 Å². The van der Waals surface area contributed by atoms with E-state index in [1.807, 2.05) is 6.92 Å². The van der Waals surface area contributed by atoms with Crippen molar-refractivity contribution in [2.24, 2.45) is 0 Å². The number of anilines is 1. The molecule has 3 aromatic rings. The fraction of sp³-hybridized carbons (Fsp3) is 0.200. The zero-order valence-electron chi connectivity index (χ0n) is 9.16. The van der Waals surface area contributed by atoms with Crippen molar-refractivity contribution in [3.05, 3.63) is 36.6 Å². The first kappa shape index (κ1) is 9.76. The van der Waals surface area contributed by atoms with Gasteiger partial charge in [0, 0.05) is 12.4 Å². The maximum atomic E-state index is 5.35. The molecule has 3 heterocycles. The monoisotopic (exact) mass is 230 g/mol. The van der Waals surface area contributed by atoms with Crippen LogP contribution < -0.4 is 5.32 Å². The van der Waals surface area contributed by atoms with E-state index in [-0.39, 0.29) is 0 Å². The maximum absolute atomic E-state index is 5.35. The van der Waals surface area contributed by atoms with Crippen LogP contribution in [-0.2, 0) is 6.54 Å². The molecule has 0 aromatic carbocycles. The van der Waals surface area contributed by atoms with Gasteiger partial charge >= 0.3 is 0 Å². The van der Waals surface area contributed by atoms with Crippen molar-refractivity contribution in [1.29, 1.82) is 0 Å². The summed E-state index contributed by atoms with van der Waals surface area (Å²) in [6.07, 6.45) is 6.77. The summed E-state index contributed by atoms with van der Waals surface area (Å²) >= 11 is 0. The lowest BCUT2D eigenvalue weighted by Gasteiger charge is -2.03. The van der Waals surface area contributed by atoms with Crippen LogP contribution >= 0.6 is 0 Å². The van der Waals surface area contributed by atoms with Gasteiger partial charge in [0.2, 0.25) is 11.5 Å². The first-order valence-electron chi connectivity index (χ1n) is 5.12. The van der Waals surface area contributed by atoms with Crippen molar-refractivity contribution < 1.29 is 4.42 Å². The zero-order valence-corrected chi connectivity index (χ0v) is 9.16. The molecule has 0 radical (unpaired) electrons. The maximum Gasteiger partial charge on any atom is 0.213 e. The highest BCUT2D eigenvalue weighted by Gasteiger charge is 2.06. The van der Waals surface area contributed by atoms with Crippen molar-refractivity contribution in [2.45, 2.75) is 13.5 Å². The van der Waals surface area contributed by atoms with Crippen molar-refractivity contribution in [3.8, 4) is 0 Å². The quantitative estimate of drug-likeness (QED) is 0.723. The van der Waals surface area contributed by atoms with Crippen molar-refractivity contribution in [2.75, 3.05) is 5.32 Å². The summed E-state index contributed by atoms with van der Waals surface area (Å²) in [5, 5.41) is 10.9. The molecule has 0 atom stereocenters. The molecule has 3 rings (SSSR count). The second-order valence-corrected chi connectivity index (χ2v) is 3.56. The van der Waals surface area contributed by atoms with E-state index in [2.05, 4.69) is 25.5 Å². The molecule has 0 saturated heterocycles. The molecule has 0 saturated carbocycles. The van der Waals surface area contributed by atoms with Gasteiger partial charge in [-0.1, -0.05) is 0 Å². The van der Waals surface area contributed by atoms with E-state index in [0.717, 1.165) is 5.76 Å². The number of aromatic nitrogens is 5. The van der Waals surface area contributed by atoms with Crippen LogP contribution in [0.3, 0.4) is 0 Å². The van der Waals surface area contributed by atoms with Crippen LogP contribution in [0.25, 0.3) is 5.65 Å². The van der Waals surface area contributed by atoms with Gasteiger partial charge in [0.25, 0.3) is 0 Å². The summed E-state index contributed by atoms with van der Waals surface area (Å²) in [5.74, 6) is 2.06. The third kappa shape index (κ3) is 1.82. The fourth-order valence-corrected chi connectivity index (χ4v) is 1.53. The molecule has 0 aliphatic carbocycles. The van der Waals surface area contributed by atoms with Gasteiger partial charge in [-0.3, -0.25) is 4.40 Å². The lowest BCUT2D eigenvalue weighted by atomic mass is 10.5. The Kier molecular flexibility index (Phi) is 2.21. The van der Waals surface area contributed by atoms with Crippen LogP contribution in [0.2, 0.25) is 0 Å². The van der Waals surface area contributed by atoms with Crippen molar-refractivity contribution in [3.63, 3.8) is 0 Å². The minimum Gasteiger partial charge on any atom is -0.444 e. The van der Waals surface area contributed by atoms with E-state index in [1.54, 1.807) is 29.3 Å². The number of nitrogens with zero attached hydrogens (tertiary/aromatic N) is 5. The van der Waals surface area contributed by atoms with Gasteiger partial charge in [-0.25, -0.2) is 9.97 Å². The molecular formula is C10H10N6O. The average molecular weight is 230 g/mol. The molecule has 0 fully saturated rings. The van der Waals surface area contributed by atoms with Crippen molar-refractivity contribution >= 4 is 11.5 Å². The second-order valence-electron chi connectivity index (χ2n) is 3.56. The molecule has 0 amide bonds. The topological polar surface area (TPSA) is 81.1 Å². The number of fused-ring (bicyclic) bond motifs is 1. The minimum absolute atomic E-state index is 0.466. The van der Waals surface area contributed by atoms with E-state index < -0.39 is 0 Å². The van der Waals surface area contributed by atoms with E-state index >= 15 is 0 Å². The Morgan fingerprint density at radius 2 is 2.35 bits per heavy atom. The predicted molar refractivity (Wildman–Crippen MR) is 59.3 cm³/mol. The van der Waals surface area contributed by atoms with Gasteiger partial charge in [-0.2, -0.15) is 0 Å². The van der Waals surface area contributed by atoms with E-state index in [0.29, 0.717) is 23.9 Å². The first-order chi connectivity index (χ1) is 8.33. The van der Waals surface area contributed by atoms with Crippen LogP contribution in [0.4, 0.5) is 5.82 Å². The molecule has 0 spiro atoms. The van der Waals surface area contributed by atoms with Crippen LogP contribution in [0.15, 0.2) is 29.3 Å². The Morgan fingerprint density at radius 1 is 1.41 bits per heavy atom. The highest BCUT2D eigenvalue weighted by molar-refractivity contribution is 5.61. The van der Waals surface area contributed by atoms with E-state index in [1.165, 1.54) is 0 Å². The molecule has 7 nitrogen and oxygen atoms in total. The van der Waals surface area contributed by atoms with Crippen LogP contribution in [-0.4, -0.2) is 24.6 Å². The summed E-state index contributed by atoms with van der Waals surface area (Å²) in [6.45, 7) is 2.32. The summed E-state index contributed by atoms with van der Waals surface area (Å²) in [4.78, 5) is 8.30. The average Bonchev–Trinajstić information content (AvgIpc) is 2.94. The van der Waals surface area contributed by atoms with Crippen molar-refractivity contribution in [1.82, 2.24) is 24.6 Å². The largest absolute Gasteiger partial charge is 0.444 e. The lowest BCUT2D eigenvalue weighted by molar-refractivity contribution is 0.479. The van der Waals surface area contributed by atoms with Gasteiger partial charge in [-0.15, -0.1) is 10.2 Å². The Morgan fingerprint density at radius 3 is 3.18 bits per heavy atom. The van der Waals surface area contributed by atoms with Gasteiger partial charge in [0.15, 0.2) is 5.82 Å². The van der Waals surface area contributed by atoms with Gasteiger partial charge in [0.1, 0.15) is 12.1 Å². The highest BCUT2D eigenvalue weighted by Crippen LogP contribution is 2.11. The predicted octanol–water partition coefficient (Wildman–Crippen LogP) is 1.03. The SMILES string of the molecule is Cc1cnc(CNc2nccn3cnnc23)o1. The van der Waals surface area contributed by atoms with Crippen LogP contribution in [0.5, 0.6) is 0 Å². The minimum atomic E-state index is 0.466. The Balaban J connectivity index is 1.83. The molecule has 1 N–H and O–H groups in total. The summed E-state index contributed by atoms with van der Waals surface area (Å²) in [6, 6.07) is 0. The number of hydrogen-bond donors (Lipinski definition) is 1.